The van der Waals surface area contributed by atoms with Crippen LogP contribution >= 0.6 is 0 Å². The monoisotopic (exact) mass is 931 g/mol. The highest BCUT2D eigenvalue weighted by molar-refractivity contribution is 7.86. The lowest BCUT2D eigenvalue weighted by Gasteiger charge is -2.10. The van der Waals surface area contributed by atoms with Crippen LogP contribution in [0.5, 0.6) is 5.75 Å². The van der Waals surface area contributed by atoms with Crippen LogP contribution in [0.25, 0.3) is 21.5 Å². The molecule has 16 nitrogen and oxygen atoms in total. The van der Waals surface area contributed by atoms with Crippen molar-refractivity contribution in [2.45, 2.75) is 44.4 Å². The first-order valence-electron chi connectivity index (χ1n) is 20.5. The largest absolute Gasteiger partial charge is 0.505 e. The van der Waals surface area contributed by atoms with Gasteiger partial charge in [-0.1, -0.05) is 35.9 Å². The average Bonchev–Trinajstić information content (AvgIpc) is 3.28. The molecule has 8 aromatic rings. The van der Waals surface area contributed by atoms with Crippen molar-refractivity contribution in [3.8, 4) is 5.75 Å². The van der Waals surface area contributed by atoms with Crippen LogP contribution in [0, 0.1) is 34.6 Å². The maximum atomic E-state index is 12.2. The van der Waals surface area contributed by atoms with Gasteiger partial charge in [-0.2, -0.15) is 47.5 Å². The number of hydrogen-bond donors (Lipinski definition) is 4. The van der Waals surface area contributed by atoms with E-state index < -0.39 is 30.0 Å². The number of hydrogen-bond acceptors (Lipinski definition) is 14. The number of azo groups is 4. The summed E-state index contributed by atoms with van der Waals surface area (Å²) in [5.41, 5.74) is 9.42. The van der Waals surface area contributed by atoms with Crippen LogP contribution in [0.1, 0.15) is 27.8 Å². The van der Waals surface area contributed by atoms with Crippen LogP contribution in [0.3, 0.4) is 0 Å². The molecular formula is C49H41N9O7S2. The summed E-state index contributed by atoms with van der Waals surface area (Å²) in [7, 11) is -9.46. The van der Waals surface area contributed by atoms with Crippen LogP contribution in [0.15, 0.2) is 184 Å². The van der Waals surface area contributed by atoms with Gasteiger partial charge in [-0.25, -0.2) is 0 Å². The Kier molecular flexibility index (Phi) is 12.6. The number of rotatable bonds is 12. The molecule has 0 unspecified atom stereocenters. The van der Waals surface area contributed by atoms with Crippen LogP contribution in [-0.2, 0) is 20.2 Å². The highest BCUT2D eigenvalue weighted by Crippen LogP contribution is 2.39. The molecule has 0 spiro atoms. The second-order valence-electron chi connectivity index (χ2n) is 15.8. The highest BCUT2D eigenvalue weighted by atomic mass is 32.2. The molecule has 0 aliphatic carbocycles. The summed E-state index contributed by atoms with van der Waals surface area (Å²) in [6, 6.07) is 37.7. The normalized spacial score (nSPS) is 12.5. The number of fused-ring (bicyclic) bond motifs is 2. The van der Waals surface area contributed by atoms with E-state index in [9.17, 15) is 31.0 Å². The molecule has 0 fully saturated rings. The van der Waals surface area contributed by atoms with E-state index in [1.165, 1.54) is 17.7 Å². The molecule has 18 heteroatoms. The molecule has 4 N–H and O–H groups in total. The Hall–Kier alpha value is -7.90. The Labute approximate surface area is 385 Å². The molecule has 0 saturated heterocycles. The van der Waals surface area contributed by atoms with Crippen molar-refractivity contribution >= 4 is 98.7 Å². The van der Waals surface area contributed by atoms with Gasteiger partial charge in [0.05, 0.1) is 34.1 Å². The van der Waals surface area contributed by atoms with Crippen LogP contribution in [0.2, 0.25) is 0 Å². The molecule has 0 aromatic heterocycles. The van der Waals surface area contributed by atoms with Crippen molar-refractivity contribution in [3.05, 3.63) is 161 Å². The van der Waals surface area contributed by atoms with Crippen molar-refractivity contribution in [2.24, 2.45) is 40.9 Å². The SMILES string of the molecule is Cc1ccc(Nc2ccc3c(O)c(N=Nc4cc(C)c(N=Nc5ccc(N=Nc6ccc(N=Nc7cc8c(S(=O)(=O)O)cccc8cc7S(=O)(=O)O)c(C)c6)c(C)c5)cc4C)ccc3c2)cc1. The first-order chi connectivity index (χ1) is 31.9. The molecular weight excluding hydrogens is 891 g/mol. The van der Waals surface area contributed by atoms with Crippen LogP contribution in [-0.4, -0.2) is 31.0 Å². The van der Waals surface area contributed by atoms with E-state index in [0.717, 1.165) is 51.7 Å². The fourth-order valence-corrected chi connectivity index (χ4v) is 8.45. The highest BCUT2D eigenvalue weighted by Gasteiger charge is 2.21. The molecule has 0 atom stereocenters. The molecule has 8 aromatic carbocycles. The molecule has 0 radical (unpaired) electrons. The molecule has 0 aliphatic heterocycles. The van der Waals surface area contributed by atoms with Gasteiger partial charge in [-0.15, -0.1) is 10.2 Å². The van der Waals surface area contributed by atoms with E-state index in [1.54, 1.807) is 43.3 Å². The fourth-order valence-electron chi connectivity index (χ4n) is 7.11. The number of phenolic OH excluding ortho intramolecular Hbond substituents is 1. The van der Waals surface area contributed by atoms with Gasteiger partial charge in [0, 0.05) is 22.1 Å². The Morgan fingerprint density at radius 3 is 1.49 bits per heavy atom. The lowest BCUT2D eigenvalue weighted by molar-refractivity contribution is 0.482. The number of aromatic hydroxyl groups is 1. The molecule has 0 amide bonds. The van der Waals surface area contributed by atoms with E-state index in [1.807, 2.05) is 94.4 Å². The van der Waals surface area contributed by atoms with Crippen LogP contribution in [0.4, 0.5) is 56.9 Å². The summed E-state index contributed by atoms with van der Waals surface area (Å²) < 4.78 is 68.0. The number of anilines is 2. The zero-order valence-corrected chi connectivity index (χ0v) is 38.2. The minimum absolute atomic E-state index is 0.00961. The molecule has 336 valence electrons. The van der Waals surface area contributed by atoms with Gasteiger partial charge >= 0.3 is 0 Å². The second kappa shape index (κ2) is 18.5. The van der Waals surface area contributed by atoms with E-state index in [2.05, 4.69) is 46.2 Å². The molecule has 67 heavy (non-hydrogen) atoms. The first kappa shape index (κ1) is 45.7. The van der Waals surface area contributed by atoms with Crippen molar-refractivity contribution in [1.82, 2.24) is 0 Å². The molecule has 0 aliphatic rings. The molecule has 0 heterocycles. The van der Waals surface area contributed by atoms with Crippen molar-refractivity contribution in [2.75, 3.05) is 5.32 Å². The third-order valence-electron chi connectivity index (χ3n) is 10.7. The van der Waals surface area contributed by atoms with Crippen molar-refractivity contribution in [1.29, 1.82) is 0 Å². The molecule has 0 bridgehead atoms. The minimum Gasteiger partial charge on any atom is -0.505 e. The Bertz CT molecular complexity index is 3630. The summed E-state index contributed by atoms with van der Waals surface area (Å²) in [4.78, 5) is -1.05. The molecule has 0 saturated carbocycles. The summed E-state index contributed by atoms with van der Waals surface area (Å²) in [6.07, 6.45) is 0. The smallest absolute Gasteiger partial charge is 0.296 e. The van der Waals surface area contributed by atoms with Gasteiger partial charge in [0.2, 0.25) is 0 Å². The molecule has 8 rings (SSSR count). The standard InChI is InChI=1S/C49H41N9O7S2/c1-28-9-12-35(13-10-28)50-36-14-17-39-34(25-36)11-18-43(49(39)59)55-57-45-24-31(4)44(23-32(45)5)56-52-38-15-19-41(29(2)21-38)53-51-37-16-20-42(30(3)22-37)54-58-46-27-40-33(26-48(46)67(63,64)65)7-6-8-47(40)66(60,61)62/h6-27,50,59H,1-5H3,(H,60,61,62)(H,63,64,65). The predicted octanol–water partition coefficient (Wildman–Crippen LogP) is 15.1. The Morgan fingerprint density at radius 2 is 0.896 bits per heavy atom. The third kappa shape index (κ3) is 10.5. The third-order valence-corrected chi connectivity index (χ3v) is 12.5. The zero-order valence-electron chi connectivity index (χ0n) is 36.6. The summed E-state index contributed by atoms with van der Waals surface area (Å²) in [6.45, 7) is 9.46. The van der Waals surface area contributed by atoms with E-state index >= 15 is 0 Å². The number of benzene rings is 8. The maximum absolute atomic E-state index is 12.2. The number of aryl methyl sites for hydroxylation is 5. The summed E-state index contributed by atoms with van der Waals surface area (Å²) >= 11 is 0. The van der Waals surface area contributed by atoms with Crippen LogP contribution < -0.4 is 5.32 Å². The summed E-state index contributed by atoms with van der Waals surface area (Å²) in [5.74, 6) is 0.0423. The Morgan fingerprint density at radius 1 is 0.403 bits per heavy atom. The van der Waals surface area contributed by atoms with E-state index in [4.69, 9.17) is 0 Å². The number of nitrogens with one attached hydrogen (secondary N) is 1. The Balaban J connectivity index is 0.930. The maximum Gasteiger partial charge on any atom is 0.296 e. The van der Waals surface area contributed by atoms with E-state index in [-0.39, 0.29) is 22.2 Å². The topological polar surface area (TPSA) is 240 Å². The lowest BCUT2D eigenvalue weighted by atomic mass is 10.1. The number of phenols is 1. The fraction of sp³-hybridized carbons (Fsp3) is 0.102. The zero-order chi connectivity index (χ0) is 47.6. The van der Waals surface area contributed by atoms with E-state index in [0.29, 0.717) is 50.8 Å². The quantitative estimate of drug-likeness (QED) is 0.0677. The van der Waals surface area contributed by atoms with Gasteiger partial charge in [0.1, 0.15) is 21.2 Å². The van der Waals surface area contributed by atoms with Crippen molar-refractivity contribution in [3.63, 3.8) is 0 Å². The van der Waals surface area contributed by atoms with Gasteiger partial charge < -0.3 is 10.4 Å². The lowest BCUT2D eigenvalue weighted by Crippen LogP contribution is -2.01. The van der Waals surface area contributed by atoms with Gasteiger partial charge in [0.15, 0.2) is 5.75 Å². The predicted molar refractivity (Wildman–Crippen MR) is 259 cm³/mol. The average molecular weight is 932 g/mol. The summed E-state index contributed by atoms with van der Waals surface area (Å²) in [5, 5.41) is 50.9. The first-order valence-corrected chi connectivity index (χ1v) is 23.4. The van der Waals surface area contributed by atoms with Gasteiger partial charge in [-0.05, 0) is 171 Å². The van der Waals surface area contributed by atoms with Crippen molar-refractivity contribution < 1.29 is 31.0 Å². The minimum atomic E-state index is -4.79. The second-order valence-corrected chi connectivity index (χ2v) is 18.6. The number of nitrogens with zero attached hydrogens (tertiary/aromatic N) is 8. The van der Waals surface area contributed by atoms with Gasteiger partial charge in [-0.3, -0.25) is 9.11 Å². The van der Waals surface area contributed by atoms with Gasteiger partial charge in [0.25, 0.3) is 20.2 Å².